The molecule has 2 amide bonds. The average Bonchev–Trinajstić information content (AvgIpc) is 3.19. The molecular formula is C21H32F2N6O4. The predicted octanol–water partition coefficient (Wildman–Crippen LogP) is 1.85. The van der Waals surface area contributed by atoms with E-state index in [1.807, 2.05) is 20.8 Å². The number of ether oxygens (including phenoxy) is 2. The number of hydrogen-bond donors (Lipinski definition) is 1. The monoisotopic (exact) mass is 470 g/mol. The van der Waals surface area contributed by atoms with E-state index in [2.05, 4.69) is 9.97 Å². The quantitative estimate of drug-likeness (QED) is 0.694. The number of halogens is 2. The normalized spacial score (nSPS) is 19.7. The van der Waals surface area contributed by atoms with Crippen LogP contribution in [0.4, 0.5) is 25.3 Å². The maximum Gasteiger partial charge on any atom is 0.410 e. The lowest BCUT2D eigenvalue weighted by molar-refractivity contribution is -0.139. The van der Waals surface area contributed by atoms with Crippen LogP contribution < -0.4 is 10.6 Å². The molecule has 2 fully saturated rings. The summed E-state index contributed by atoms with van der Waals surface area (Å²) in [5.41, 5.74) is 4.60. The number of piperazine rings is 1. The van der Waals surface area contributed by atoms with Crippen LogP contribution in [0, 0.1) is 0 Å². The summed E-state index contributed by atoms with van der Waals surface area (Å²) in [7, 11) is 0. The van der Waals surface area contributed by atoms with E-state index >= 15 is 0 Å². The number of aromatic nitrogens is 2. The van der Waals surface area contributed by atoms with E-state index < -0.39 is 17.2 Å². The van der Waals surface area contributed by atoms with Crippen LogP contribution >= 0.6 is 0 Å². The molecule has 2 saturated heterocycles. The minimum Gasteiger partial charge on any atom is -0.444 e. The van der Waals surface area contributed by atoms with E-state index in [1.165, 1.54) is 6.07 Å². The molecule has 0 aliphatic carbocycles. The molecule has 3 heterocycles. The summed E-state index contributed by atoms with van der Waals surface area (Å²) in [4.78, 5) is 37.4. The number of alkyl halides is 2. The number of nitrogens with zero attached hydrogens (tertiary/aromatic N) is 5. The molecule has 184 valence electrons. The Morgan fingerprint density at radius 3 is 2.33 bits per heavy atom. The molecule has 2 aliphatic rings. The lowest BCUT2D eigenvalue weighted by atomic mass is 10.2. The van der Waals surface area contributed by atoms with Gasteiger partial charge in [-0.05, 0) is 27.2 Å². The van der Waals surface area contributed by atoms with Gasteiger partial charge in [0.05, 0.1) is 6.10 Å². The van der Waals surface area contributed by atoms with Crippen LogP contribution in [0.2, 0.25) is 0 Å². The molecule has 10 nitrogen and oxygen atoms in total. The number of rotatable bonds is 5. The van der Waals surface area contributed by atoms with E-state index in [1.54, 1.807) is 14.7 Å². The Bertz CT molecular complexity index is 865. The number of anilines is 2. The number of carbonyl (C=O) groups excluding carboxylic acids is 2. The molecule has 2 aliphatic heterocycles. The highest BCUT2D eigenvalue weighted by Gasteiger charge is 2.32. The van der Waals surface area contributed by atoms with E-state index in [-0.39, 0.29) is 30.7 Å². The van der Waals surface area contributed by atoms with Crippen LogP contribution in [0.3, 0.4) is 0 Å². The molecule has 1 aromatic heterocycles. The molecule has 0 saturated carbocycles. The molecule has 2 N–H and O–H groups in total. The molecule has 0 bridgehead atoms. The van der Waals surface area contributed by atoms with Crippen molar-refractivity contribution in [1.82, 2.24) is 19.8 Å². The van der Waals surface area contributed by atoms with E-state index in [4.69, 9.17) is 15.2 Å². The number of amides is 2. The smallest absolute Gasteiger partial charge is 0.410 e. The Morgan fingerprint density at radius 1 is 1.09 bits per heavy atom. The second-order valence-electron chi connectivity index (χ2n) is 9.37. The van der Waals surface area contributed by atoms with Crippen molar-refractivity contribution in [2.75, 3.05) is 56.5 Å². The van der Waals surface area contributed by atoms with Gasteiger partial charge in [0.1, 0.15) is 23.7 Å². The van der Waals surface area contributed by atoms with Crippen molar-refractivity contribution in [1.29, 1.82) is 0 Å². The van der Waals surface area contributed by atoms with Gasteiger partial charge in [-0.2, -0.15) is 13.8 Å². The third kappa shape index (κ3) is 6.86. The van der Waals surface area contributed by atoms with Gasteiger partial charge in [-0.1, -0.05) is 0 Å². The Hall–Kier alpha value is -2.76. The van der Waals surface area contributed by atoms with Crippen molar-refractivity contribution in [2.24, 2.45) is 0 Å². The van der Waals surface area contributed by atoms with Gasteiger partial charge in [0.25, 0.3) is 5.92 Å². The van der Waals surface area contributed by atoms with E-state index in [0.29, 0.717) is 51.5 Å². The molecule has 0 aromatic carbocycles. The summed E-state index contributed by atoms with van der Waals surface area (Å²) in [6.07, 6.45) is 0.00610. The summed E-state index contributed by atoms with van der Waals surface area (Å²) in [5, 5.41) is 0. The molecule has 1 aromatic rings. The molecule has 12 heteroatoms. The second kappa shape index (κ2) is 9.62. The number of carbonyl (C=O) groups is 2. The van der Waals surface area contributed by atoms with Crippen LogP contribution in [-0.2, 0) is 20.2 Å². The maximum atomic E-state index is 13.6. The first kappa shape index (κ1) is 24.9. The largest absolute Gasteiger partial charge is 0.444 e. The van der Waals surface area contributed by atoms with Gasteiger partial charge in [0.2, 0.25) is 11.9 Å². The summed E-state index contributed by atoms with van der Waals surface area (Å²) >= 11 is 0. The third-order valence-corrected chi connectivity index (χ3v) is 5.38. The van der Waals surface area contributed by atoms with Crippen molar-refractivity contribution in [3.05, 3.63) is 11.8 Å². The van der Waals surface area contributed by atoms with Crippen molar-refractivity contribution >= 4 is 23.8 Å². The molecule has 33 heavy (non-hydrogen) atoms. The summed E-state index contributed by atoms with van der Waals surface area (Å²) in [6.45, 7) is 8.66. The van der Waals surface area contributed by atoms with Crippen LogP contribution in [0.25, 0.3) is 0 Å². The van der Waals surface area contributed by atoms with Crippen molar-refractivity contribution in [2.45, 2.75) is 51.7 Å². The first-order chi connectivity index (χ1) is 15.3. The topological polar surface area (TPSA) is 114 Å². The van der Waals surface area contributed by atoms with E-state index in [9.17, 15) is 18.4 Å². The van der Waals surface area contributed by atoms with Gasteiger partial charge < -0.3 is 29.9 Å². The molecular weight excluding hydrogens is 438 g/mol. The van der Waals surface area contributed by atoms with Gasteiger partial charge in [-0.25, -0.2) is 9.78 Å². The highest BCUT2D eigenvalue weighted by Crippen LogP contribution is 2.29. The lowest BCUT2D eigenvalue weighted by Gasteiger charge is -2.35. The zero-order valence-electron chi connectivity index (χ0n) is 19.5. The number of hydrogen-bond acceptors (Lipinski definition) is 8. The molecule has 0 spiro atoms. The highest BCUT2D eigenvalue weighted by molar-refractivity contribution is 5.78. The predicted molar refractivity (Wildman–Crippen MR) is 117 cm³/mol. The fraction of sp³-hybridized carbons (Fsp3) is 0.714. The SMILES string of the molecule is CC(C)(C)OC(=O)N1CCN(C(=O)COC2CCN(c3cc(C(C)(F)F)nc(N)n3)C2)CC1. The Kier molecular flexibility index (Phi) is 7.25. The minimum atomic E-state index is -3.12. The zero-order valence-corrected chi connectivity index (χ0v) is 19.5. The van der Waals surface area contributed by atoms with Crippen molar-refractivity contribution in [3.63, 3.8) is 0 Å². The fourth-order valence-electron chi connectivity index (χ4n) is 3.66. The van der Waals surface area contributed by atoms with Gasteiger partial charge >= 0.3 is 6.09 Å². The number of nitrogen functional groups attached to an aromatic ring is 1. The molecule has 1 unspecified atom stereocenters. The zero-order chi connectivity index (χ0) is 24.4. The third-order valence-electron chi connectivity index (χ3n) is 5.38. The van der Waals surface area contributed by atoms with Crippen LogP contribution in [-0.4, -0.2) is 89.3 Å². The fourth-order valence-corrected chi connectivity index (χ4v) is 3.66. The number of nitrogens with two attached hydrogens (primary N) is 1. The first-order valence-corrected chi connectivity index (χ1v) is 11.0. The van der Waals surface area contributed by atoms with Crippen LogP contribution in [0.15, 0.2) is 6.07 Å². The first-order valence-electron chi connectivity index (χ1n) is 11.0. The maximum absolute atomic E-state index is 13.6. The Labute approximate surface area is 192 Å². The Balaban J connectivity index is 1.45. The second-order valence-corrected chi connectivity index (χ2v) is 9.37. The molecule has 0 radical (unpaired) electrons. The molecule has 1 atom stereocenters. The lowest BCUT2D eigenvalue weighted by Crippen LogP contribution is -2.52. The van der Waals surface area contributed by atoms with E-state index in [0.717, 1.165) is 6.92 Å². The summed E-state index contributed by atoms with van der Waals surface area (Å²) in [5.74, 6) is -3.18. The minimum absolute atomic E-state index is 0.0882. The van der Waals surface area contributed by atoms with Crippen LogP contribution in [0.1, 0.15) is 39.8 Å². The summed E-state index contributed by atoms with van der Waals surface area (Å²) in [6, 6.07) is 1.23. The van der Waals surface area contributed by atoms with Gasteiger partial charge in [-0.15, -0.1) is 0 Å². The van der Waals surface area contributed by atoms with Crippen molar-refractivity contribution < 1.29 is 27.8 Å². The standard InChI is InChI=1S/C21H32F2N6O4/c1-20(2,3)33-19(31)28-9-7-27(8-10-28)17(30)13-32-14-5-6-29(12-14)16-11-15(21(4,22)23)25-18(24)26-16/h11,14H,5-10,12-13H2,1-4H3,(H2,24,25,26). The van der Waals surface area contributed by atoms with Gasteiger partial charge in [0.15, 0.2) is 0 Å². The van der Waals surface area contributed by atoms with Crippen LogP contribution in [0.5, 0.6) is 0 Å². The van der Waals surface area contributed by atoms with Gasteiger partial charge in [0, 0.05) is 52.3 Å². The highest BCUT2D eigenvalue weighted by atomic mass is 19.3. The molecule has 3 rings (SSSR count). The average molecular weight is 471 g/mol. The van der Waals surface area contributed by atoms with Crippen molar-refractivity contribution in [3.8, 4) is 0 Å². The summed E-state index contributed by atoms with van der Waals surface area (Å²) < 4.78 is 38.4. The Morgan fingerprint density at radius 2 is 1.73 bits per heavy atom. The van der Waals surface area contributed by atoms with Gasteiger partial charge in [-0.3, -0.25) is 4.79 Å².